The fourth-order valence-electron chi connectivity index (χ4n) is 3.51. The Balaban J connectivity index is 0.000000485. The van der Waals surface area contributed by atoms with E-state index in [9.17, 15) is 5.11 Å². The van der Waals surface area contributed by atoms with E-state index < -0.39 is 0 Å². The average Bonchev–Trinajstić information content (AvgIpc) is 2.60. The summed E-state index contributed by atoms with van der Waals surface area (Å²) in [6.45, 7) is 12.1. The van der Waals surface area contributed by atoms with Gasteiger partial charge in [-0.3, -0.25) is 0 Å². The fraction of sp³-hybridized carbons (Fsp3) is 0.913. The third-order valence-electron chi connectivity index (χ3n) is 5.50. The maximum Gasteiger partial charge on any atom is 0.0564 e. The Labute approximate surface area is 164 Å². The van der Waals surface area contributed by atoms with E-state index in [4.69, 9.17) is 0 Å². The second kappa shape index (κ2) is 15.5. The first kappa shape index (κ1) is 25.4. The number of piperidine rings is 2. The highest BCUT2D eigenvalue weighted by Gasteiger charge is 2.22. The van der Waals surface area contributed by atoms with Gasteiger partial charge in [0.1, 0.15) is 0 Å². The molecule has 26 heavy (non-hydrogen) atoms. The number of rotatable bonds is 2. The molecular weight excluding hydrogens is 320 g/mol. The van der Waals surface area contributed by atoms with Gasteiger partial charge in [0.15, 0.2) is 0 Å². The van der Waals surface area contributed by atoms with Crippen LogP contribution < -0.4 is 0 Å². The molecule has 1 N–H and O–H groups in total. The molecule has 0 bridgehead atoms. The zero-order chi connectivity index (χ0) is 18.5. The number of likely N-dealkylation sites (tertiary alicyclic amines) is 2. The molecule has 3 nitrogen and oxygen atoms in total. The maximum atomic E-state index is 9.43. The Bertz CT molecular complexity index is 347. The van der Waals surface area contributed by atoms with Crippen molar-refractivity contribution in [2.75, 3.05) is 39.8 Å². The lowest BCUT2D eigenvalue weighted by Crippen LogP contribution is -2.41. The molecule has 0 aromatic heterocycles. The third-order valence-corrected chi connectivity index (χ3v) is 5.50. The van der Waals surface area contributed by atoms with Gasteiger partial charge in [-0.2, -0.15) is 0 Å². The molecule has 1 saturated carbocycles. The molecule has 0 amide bonds. The molecule has 2 aliphatic heterocycles. The number of hydrogen-bond donors (Lipinski definition) is 1. The summed E-state index contributed by atoms with van der Waals surface area (Å²) < 4.78 is 0. The van der Waals surface area contributed by atoms with Crippen molar-refractivity contribution in [2.24, 2.45) is 11.8 Å². The van der Waals surface area contributed by atoms with Gasteiger partial charge in [0.25, 0.3) is 0 Å². The van der Waals surface area contributed by atoms with Gasteiger partial charge < -0.3 is 14.9 Å². The van der Waals surface area contributed by atoms with Crippen LogP contribution in [0.3, 0.4) is 0 Å². The van der Waals surface area contributed by atoms with Gasteiger partial charge in [-0.1, -0.05) is 40.5 Å². The summed E-state index contributed by atoms with van der Waals surface area (Å²) >= 11 is 0. The minimum Gasteiger partial charge on any atom is -0.393 e. The van der Waals surface area contributed by atoms with Crippen LogP contribution in [-0.4, -0.2) is 60.8 Å². The summed E-state index contributed by atoms with van der Waals surface area (Å²) in [5.41, 5.74) is 0. The number of hydrogen-bond acceptors (Lipinski definition) is 3. The summed E-state index contributed by atoms with van der Waals surface area (Å²) in [6, 6.07) is 0. The van der Waals surface area contributed by atoms with Crippen LogP contribution in [0.4, 0.5) is 0 Å². The molecule has 2 saturated heterocycles. The zero-order valence-corrected chi connectivity index (χ0v) is 17.3. The van der Waals surface area contributed by atoms with Crippen LogP contribution in [0.2, 0.25) is 0 Å². The van der Waals surface area contributed by atoms with Gasteiger partial charge in [0, 0.05) is 32.0 Å². The Kier molecular flexibility index (Phi) is 15.2. The van der Waals surface area contributed by atoms with E-state index in [-0.39, 0.29) is 13.5 Å². The van der Waals surface area contributed by atoms with Crippen LogP contribution in [0.25, 0.3) is 0 Å². The molecule has 3 heteroatoms. The van der Waals surface area contributed by atoms with E-state index in [1.165, 1.54) is 51.7 Å². The first-order valence-corrected chi connectivity index (χ1v) is 10.7. The quantitative estimate of drug-likeness (QED) is 0.721. The van der Waals surface area contributed by atoms with Gasteiger partial charge in [-0.15, -0.1) is 5.92 Å². The molecule has 3 fully saturated rings. The van der Waals surface area contributed by atoms with Crippen LogP contribution in [0, 0.1) is 23.7 Å². The lowest BCUT2D eigenvalue weighted by atomic mass is 9.86. The highest BCUT2D eigenvalue weighted by atomic mass is 16.3. The summed E-state index contributed by atoms with van der Waals surface area (Å²) in [4.78, 5) is 4.97. The number of aliphatic hydroxyl groups is 1. The van der Waals surface area contributed by atoms with Gasteiger partial charge in [0.2, 0.25) is 0 Å². The molecule has 3 aliphatic rings. The molecule has 2 heterocycles. The topological polar surface area (TPSA) is 26.7 Å². The maximum absolute atomic E-state index is 9.43. The minimum absolute atomic E-state index is 0. The molecule has 0 radical (unpaired) electrons. The van der Waals surface area contributed by atoms with Crippen molar-refractivity contribution in [1.82, 2.24) is 9.80 Å². The molecular formula is C23H46N2O. The van der Waals surface area contributed by atoms with E-state index in [1.54, 1.807) is 0 Å². The number of aliphatic hydroxyl groups excluding tert-OH is 1. The van der Waals surface area contributed by atoms with Crippen LogP contribution in [0.15, 0.2) is 0 Å². The molecule has 0 aromatic carbocycles. The predicted octanol–water partition coefficient (Wildman–Crippen LogP) is 4.65. The van der Waals surface area contributed by atoms with Crippen molar-refractivity contribution in [1.29, 1.82) is 0 Å². The lowest BCUT2D eigenvalue weighted by molar-refractivity contribution is 0.0670. The Hall–Kier alpha value is -0.560. The lowest BCUT2D eigenvalue weighted by Gasteiger charge is -2.35. The first-order chi connectivity index (χ1) is 12.2. The molecule has 0 atom stereocenters. The Morgan fingerprint density at radius 2 is 1.50 bits per heavy atom. The minimum atomic E-state index is -0.0289. The molecule has 154 valence electrons. The van der Waals surface area contributed by atoms with Gasteiger partial charge in [-0.25, -0.2) is 0 Å². The van der Waals surface area contributed by atoms with Crippen LogP contribution >= 0.6 is 0 Å². The predicted molar refractivity (Wildman–Crippen MR) is 115 cm³/mol. The summed E-state index contributed by atoms with van der Waals surface area (Å²) in [7, 11) is 2.22. The fourth-order valence-corrected chi connectivity index (χ4v) is 3.51. The van der Waals surface area contributed by atoms with Crippen LogP contribution in [0.1, 0.15) is 79.6 Å². The smallest absolute Gasteiger partial charge is 0.0564 e. The second-order valence-electron chi connectivity index (χ2n) is 7.58. The monoisotopic (exact) mass is 366 g/mol. The van der Waals surface area contributed by atoms with Crippen molar-refractivity contribution in [3.8, 4) is 11.8 Å². The normalized spacial score (nSPS) is 22.3. The van der Waals surface area contributed by atoms with Crippen LogP contribution in [0.5, 0.6) is 0 Å². The SMILES string of the molecule is C.CC.CCC#CC1CCC1.CN1CCC(CN2CCC(O)CC2)CC1. The average molecular weight is 367 g/mol. The summed E-state index contributed by atoms with van der Waals surface area (Å²) in [5, 5.41) is 9.43. The van der Waals surface area contributed by atoms with Gasteiger partial charge in [-0.05, 0) is 64.6 Å². The third kappa shape index (κ3) is 10.6. The van der Waals surface area contributed by atoms with E-state index >= 15 is 0 Å². The van der Waals surface area contributed by atoms with Crippen molar-refractivity contribution >= 4 is 0 Å². The largest absolute Gasteiger partial charge is 0.393 e. The van der Waals surface area contributed by atoms with Gasteiger partial charge in [0.05, 0.1) is 6.10 Å². The van der Waals surface area contributed by atoms with E-state index in [1.807, 2.05) is 13.8 Å². The highest BCUT2D eigenvalue weighted by Crippen LogP contribution is 2.24. The van der Waals surface area contributed by atoms with E-state index in [2.05, 4.69) is 35.6 Å². The van der Waals surface area contributed by atoms with Crippen molar-refractivity contribution in [2.45, 2.75) is 85.7 Å². The molecule has 0 aromatic rings. The molecule has 1 aliphatic carbocycles. The second-order valence-corrected chi connectivity index (χ2v) is 7.58. The van der Waals surface area contributed by atoms with Crippen molar-refractivity contribution in [3.05, 3.63) is 0 Å². The first-order valence-electron chi connectivity index (χ1n) is 10.7. The van der Waals surface area contributed by atoms with E-state index in [0.717, 1.165) is 44.2 Å². The highest BCUT2D eigenvalue weighted by molar-refractivity contribution is 5.05. The van der Waals surface area contributed by atoms with Crippen LogP contribution in [-0.2, 0) is 0 Å². The molecule has 0 spiro atoms. The summed E-state index contributed by atoms with van der Waals surface area (Å²) in [5.74, 6) is 7.99. The number of nitrogens with zero attached hydrogens (tertiary/aromatic N) is 2. The standard InChI is InChI=1S/C12H24N2O.C8H12.C2H6.CH4/c1-13-6-2-11(3-7-13)10-14-8-4-12(15)5-9-14;1-2-3-5-8-6-4-7-8;1-2;/h11-12,15H,2-10H2,1H3;8H,2,4,6-7H2,1H3;1-2H3;1H4. The van der Waals surface area contributed by atoms with Gasteiger partial charge >= 0.3 is 0 Å². The Morgan fingerprint density at radius 3 is 1.96 bits per heavy atom. The van der Waals surface area contributed by atoms with Crippen molar-refractivity contribution < 1.29 is 5.11 Å². The van der Waals surface area contributed by atoms with E-state index in [0.29, 0.717) is 0 Å². The molecule has 0 unspecified atom stereocenters. The molecule has 3 rings (SSSR count). The summed E-state index contributed by atoms with van der Waals surface area (Å²) in [6.07, 6.45) is 9.78. The zero-order valence-electron chi connectivity index (χ0n) is 17.3. The Morgan fingerprint density at radius 1 is 0.923 bits per heavy atom. The van der Waals surface area contributed by atoms with Crippen molar-refractivity contribution in [3.63, 3.8) is 0 Å².